The molecule has 1 atom stereocenters. The van der Waals surface area contributed by atoms with E-state index in [1.807, 2.05) is 6.92 Å². The predicted octanol–water partition coefficient (Wildman–Crippen LogP) is 2.46. The van der Waals surface area contributed by atoms with Crippen LogP contribution < -0.4 is 5.32 Å². The van der Waals surface area contributed by atoms with Gasteiger partial charge in [-0.1, -0.05) is 6.92 Å². The van der Waals surface area contributed by atoms with E-state index < -0.39 is 11.6 Å². The van der Waals surface area contributed by atoms with Crippen molar-refractivity contribution in [3.63, 3.8) is 0 Å². The van der Waals surface area contributed by atoms with Gasteiger partial charge >= 0.3 is 0 Å². The van der Waals surface area contributed by atoms with Crippen LogP contribution in [-0.2, 0) is 0 Å². The Labute approximate surface area is 125 Å². The molecule has 1 aliphatic heterocycles. The first-order chi connectivity index (χ1) is 10.1. The molecular formula is C16H24F2N2O. The van der Waals surface area contributed by atoms with Crippen LogP contribution in [-0.4, -0.2) is 42.3 Å². The van der Waals surface area contributed by atoms with Gasteiger partial charge in [-0.05, 0) is 50.0 Å². The Kier molecular flexibility index (Phi) is 6.08. The zero-order chi connectivity index (χ0) is 15.2. The van der Waals surface area contributed by atoms with E-state index in [0.29, 0.717) is 5.56 Å². The first-order valence-corrected chi connectivity index (χ1v) is 7.68. The van der Waals surface area contributed by atoms with Gasteiger partial charge in [0.2, 0.25) is 0 Å². The fraction of sp³-hybridized carbons (Fsp3) is 0.625. The predicted molar refractivity (Wildman–Crippen MR) is 79.1 cm³/mol. The quantitative estimate of drug-likeness (QED) is 0.847. The maximum Gasteiger partial charge on any atom is 0.126 e. The highest BCUT2D eigenvalue weighted by Crippen LogP contribution is 2.21. The van der Waals surface area contributed by atoms with Gasteiger partial charge in [0.15, 0.2) is 0 Å². The molecular weight excluding hydrogens is 274 g/mol. The molecule has 0 aliphatic carbocycles. The summed E-state index contributed by atoms with van der Waals surface area (Å²) in [5.41, 5.74) is 0.659. The molecule has 0 spiro atoms. The lowest BCUT2D eigenvalue weighted by Gasteiger charge is -2.31. The van der Waals surface area contributed by atoms with Gasteiger partial charge in [-0.25, -0.2) is 8.78 Å². The topological polar surface area (TPSA) is 35.5 Å². The third-order valence-corrected chi connectivity index (χ3v) is 4.03. The lowest BCUT2D eigenvalue weighted by atomic mass is 10.0. The molecule has 0 bridgehead atoms. The van der Waals surface area contributed by atoms with Gasteiger partial charge in [-0.3, -0.25) is 0 Å². The number of likely N-dealkylation sites (tertiary alicyclic amines) is 1. The number of nitrogens with one attached hydrogen (secondary N) is 1. The number of hydrogen-bond donors (Lipinski definition) is 2. The monoisotopic (exact) mass is 298 g/mol. The number of halogens is 2. The number of aliphatic hydroxyl groups excluding tert-OH is 1. The van der Waals surface area contributed by atoms with Crippen LogP contribution >= 0.6 is 0 Å². The molecule has 3 nitrogen and oxygen atoms in total. The molecule has 1 aromatic rings. The lowest BCUT2D eigenvalue weighted by molar-refractivity contribution is 0.0806. The van der Waals surface area contributed by atoms with Crippen LogP contribution in [0.15, 0.2) is 18.2 Å². The first-order valence-electron chi connectivity index (χ1n) is 7.68. The highest BCUT2D eigenvalue weighted by molar-refractivity contribution is 5.21. The summed E-state index contributed by atoms with van der Waals surface area (Å²) in [5.74, 6) is -1.07. The molecule has 1 aliphatic rings. The van der Waals surface area contributed by atoms with Crippen molar-refractivity contribution in [1.82, 2.24) is 10.2 Å². The molecule has 1 fully saturated rings. The molecule has 1 aromatic carbocycles. The third-order valence-electron chi connectivity index (χ3n) is 4.03. The van der Waals surface area contributed by atoms with Crippen molar-refractivity contribution in [3.05, 3.63) is 35.4 Å². The van der Waals surface area contributed by atoms with Crippen LogP contribution in [0.25, 0.3) is 0 Å². The number of aliphatic hydroxyl groups is 1. The van der Waals surface area contributed by atoms with Gasteiger partial charge in [0.25, 0.3) is 0 Å². The summed E-state index contributed by atoms with van der Waals surface area (Å²) >= 11 is 0. The van der Waals surface area contributed by atoms with E-state index in [1.165, 1.54) is 12.1 Å². The normalized spacial score (nSPS) is 18.9. The van der Waals surface area contributed by atoms with Crippen LogP contribution in [0.2, 0.25) is 0 Å². The zero-order valence-electron chi connectivity index (χ0n) is 12.5. The van der Waals surface area contributed by atoms with Crippen LogP contribution in [0, 0.1) is 11.6 Å². The maximum atomic E-state index is 13.4. The number of piperidine rings is 1. The summed E-state index contributed by atoms with van der Waals surface area (Å²) in [7, 11) is 0. The van der Waals surface area contributed by atoms with Crippen molar-refractivity contribution >= 4 is 0 Å². The van der Waals surface area contributed by atoms with E-state index in [4.69, 9.17) is 0 Å². The summed E-state index contributed by atoms with van der Waals surface area (Å²) in [4.78, 5) is 2.30. The third kappa shape index (κ3) is 5.02. The summed E-state index contributed by atoms with van der Waals surface area (Å²) in [6.07, 6.45) is 2.23. The van der Waals surface area contributed by atoms with Gasteiger partial charge < -0.3 is 15.3 Å². The molecule has 1 saturated heterocycles. The summed E-state index contributed by atoms with van der Waals surface area (Å²) < 4.78 is 26.7. The highest BCUT2D eigenvalue weighted by atomic mass is 19.1. The molecule has 21 heavy (non-hydrogen) atoms. The van der Waals surface area contributed by atoms with Crippen molar-refractivity contribution < 1.29 is 13.9 Å². The van der Waals surface area contributed by atoms with E-state index in [0.717, 1.165) is 51.5 Å². The molecule has 2 N–H and O–H groups in total. The lowest BCUT2D eigenvalue weighted by Crippen LogP contribution is -2.37. The van der Waals surface area contributed by atoms with Crippen molar-refractivity contribution in [3.8, 4) is 0 Å². The molecule has 1 heterocycles. The van der Waals surface area contributed by atoms with Crippen LogP contribution in [0.5, 0.6) is 0 Å². The SMILES string of the molecule is CCNC(CCN1CCC(O)CC1)c1cc(F)cc(F)c1. The highest BCUT2D eigenvalue weighted by Gasteiger charge is 2.19. The number of nitrogens with zero attached hydrogens (tertiary/aromatic N) is 1. The average molecular weight is 298 g/mol. The Hall–Kier alpha value is -1.04. The first kappa shape index (κ1) is 16.3. The van der Waals surface area contributed by atoms with Gasteiger partial charge in [0.1, 0.15) is 11.6 Å². The largest absolute Gasteiger partial charge is 0.393 e. The Morgan fingerprint density at radius 3 is 2.43 bits per heavy atom. The van der Waals surface area contributed by atoms with Crippen LogP contribution in [0.4, 0.5) is 8.78 Å². The van der Waals surface area contributed by atoms with Gasteiger partial charge in [-0.2, -0.15) is 0 Å². The molecule has 0 aromatic heterocycles. The summed E-state index contributed by atoms with van der Waals surface area (Å²) in [6, 6.07) is 3.65. The van der Waals surface area contributed by atoms with Crippen LogP contribution in [0.1, 0.15) is 37.8 Å². The molecule has 0 radical (unpaired) electrons. The number of benzene rings is 1. The van der Waals surface area contributed by atoms with Crippen molar-refractivity contribution in [2.45, 2.75) is 38.3 Å². The van der Waals surface area contributed by atoms with Gasteiger partial charge in [0.05, 0.1) is 6.10 Å². The maximum absolute atomic E-state index is 13.4. The van der Waals surface area contributed by atoms with Crippen LogP contribution in [0.3, 0.4) is 0 Å². The molecule has 5 heteroatoms. The minimum atomic E-state index is -0.533. The molecule has 0 amide bonds. The minimum absolute atomic E-state index is 0.0490. The average Bonchev–Trinajstić information content (AvgIpc) is 2.44. The number of rotatable bonds is 6. The van der Waals surface area contributed by atoms with Crippen molar-refractivity contribution in [2.75, 3.05) is 26.2 Å². The van der Waals surface area contributed by atoms with E-state index in [1.54, 1.807) is 0 Å². The summed E-state index contributed by atoms with van der Waals surface area (Å²) in [5, 5.41) is 12.8. The van der Waals surface area contributed by atoms with E-state index in [2.05, 4.69) is 10.2 Å². The fourth-order valence-corrected chi connectivity index (χ4v) is 2.86. The number of hydrogen-bond acceptors (Lipinski definition) is 3. The zero-order valence-corrected chi connectivity index (χ0v) is 12.5. The van der Waals surface area contributed by atoms with E-state index in [-0.39, 0.29) is 12.1 Å². The molecule has 1 unspecified atom stereocenters. The van der Waals surface area contributed by atoms with Gasteiger partial charge in [-0.15, -0.1) is 0 Å². The summed E-state index contributed by atoms with van der Waals surface area (Å²) in [6.45, 7) is 5.37. The Morgan fingerprint density at radius 1 is 1.24 bits per heavy atom. The van der Waals surface area contributed by atoms with E-state index >= 15 is 0 Å². The van der Waals surface area contributed by atoms with Gasteiger partial charge in [0, 0.05) is 25.2 Å². The second-order valence-electron chi connectivity index (χ2n) is 5.67. The molecule has 118 valence electrons. The smallest absolute Gasteiger partial charge is 0.126 e. The van der Waals surface area contributed by atoms with Crippen molar-refractivity contribution in [1.29, 1.82) is 0 Å². The van der Waals surface area contributed by atoms with E-state index in [9.17, 15) is 13.9 Å². The molecule has 0 saturated carbocycles. The second-order valence-corrected chi connectivity index (χ2v) is 5.67. The second kappa shape index (κ2) is 7.82. The van der Waals surface area contributed by atoms with Crippen molar-refractivity contribution in [2.24, 2.45) is 0 Å². The minimum Gasteiger partial charge on any atom is -0.393 e. The Morgan fingerprint density at radius 2 is 1.86 bits per heavy atom. The Bertz CT molecular complexity index is 428. The Balaban J connectivity index is 1.95. The fourth-order valence-electron chi connectivity index (χ4n) is 2.86. The standard InChI is InChI=1S/C16H24F2N2O/c1-2-19-16(12-9-13(17)11-14(18)10-12)5-8-20-6-3-15(21)4-7-20/h9-11,15-16,19,21H,2-8H2,1H3. The molecule has 2 rings (SSSR count).